The van der Waals surface area contributed by atoms with E-state index in [-0.39, 0.29) is 6.10 Å². The first-order valence-corrected chi connectivity index (χ1v) is 7.99. The van der Waals surface area contributed by atoms with Crippen LogP contribution in [0.2, 0.25) is 0 Å². The molecular weight excluding hydrogens is 278 g/mol. The van der Waals surface area contributed by atoms with Crippen LogP contribution >= 0.6 is 0 Å². The lowest BCUT2D eigenvalue weighted by molar-refractivity contribution is 0.0988. The van der Waals surface area contributed by atoms with Gasteiger partial charge in [-0.3, -0.25) is 4.68 Å². The number of aromatic nitrogens is 4. The summed E-state index contributed by atoms with van der Waals surface area (Å²) in [6.45, 7) is 6.01. The molecular formula is C16H25N5O. The van der Waals surface area contributed by atoms with Gasteiger partial charge in [0.2, 0.25) is 0 Å². The fraction of sp³-hybridized carbons (Fsp3) is 0.625. The lowest BCUT2D eigenvalue weighted by Crippen LogP contribution is -2.33. The van der Waals surface area contributed by atoms with Crippen LogP contribution < -0.4 is 5.32 Å². The van der Waals surface area contributed by atoms with Crippen LogP contribution in [0, 0.1) is 0 Å². The van der Waals surface area contributed by atoms with E-state index >= 15 is 0 Å². The topological polar surface area (TPSA) is 56.9 Å². The first kappa shape index (κ1) is 15.2. The average Bonchev–Trinajstić information content (AvgIpc) is 3.19. The molecule has 3 heterocycles. The van der Waals surface area contributed by atoms with Crippen molar-refractivity contribution < 1.29 is 4.74 Å². The molecule has 1 N–H and O–H groups in total. The molecule has 0 radical (unpaired) electrons. The van der Waals surface area contributed by atoms with Crippen molar-refractivity contribution >= 4 is 0 Å². The van der Waals surface area contributed by atoms with Crippen LogP contribution in [0.3, 0.4) is 0 Å². The third-order valence-corrected chi connectivity index (χ3v) is 4.27. The molecule has 2 atom stereocenters. The van der Waals surface area contributed by atoms with Crippen LogP contribution in [0.5, 0.6) is 0 Å². The fourth-order valence-corrected chi connectivity index (χ4v) is 2.92. The van der Waals surface area contributed by atoms with Crippen molar-refractivity contribution in [2.45, 2.75) is 44.9 Å². The number of hydrogen-bond donors (Lipinski definition) is 1. The normalized spacial score (nSPS) is 21.8. The van der Waals surface area contributed by atoms with Gasteiger partial charge in [0.15, 0.2) is 0 Å². The molecule has 1 aliphatic rings. The van der Waals surface area contributed by atoms with Crippen LogP contribution in [0.25, 0.3) is 0 Å². The van der Waals surface area contributed by atoms with Crippen molar-refractivity contribution in [3.8, 4) is 0 Å². The van der Waals surface area contributed by atoms with Gasteiger partial charge in [0.05, 0.1) is 12.5 Å². The zero-order valence-electron chi connectivity index (χ0n) is 13.6. The quantitative estimate of drug-likeness (QED) is 0.885. The summed E-state index contributed by atoms with van der Waals surface area (Å²) in [5, 5.41) is 8.06. The Labute approximate surface area is 131 Å². The summed E-state index contributed by atoms with van der Waals surface area (Å²) in [5.41, 5.74) is 2.42. The molecule has 0 bridgehead atoms. The Bertz CT molecular complexity index is 603. The van der Waals surface area contributed by atoms with Gasteiger partial charge in [0, 0.05) is 62.4 Å². The molecule has 0 saturated carbocycles. The molecule has 6 nitrogen and oxygen atoms in total. The second kappa shape index (κ2) is 6.62. The lowest BCUT2D eigenvalue weighted by atomic mass is 10.1. The number of hydrogen-bond acceptors (Lipinski definition) is 4. The Morgan fingerprint density at radius 2 is 2.27 bits per heavy atom. The van der Waals surface area contributed by atoms with Crippen LogP contribution in [0.1, 0.15) is 43.7 Å². The van der Waals surface area contributed by atoms with Gasteiger partial charge in [-0.15, -0.1) is 0 Å². The van der Waals surface area contributed by atoms with E-state index in [1.54, 1.807) is 0 Å². The van der Waals surface area contributed by atoms with Gasteiger partial charge in [-0.05, 0) is 20.3 Å². The van der Waals surface area contributed by atoms with Crippen LogP contribution in [0.4, 0.5) is 0 Å². The predicted molar refractivity (Wildman–Crippen MR) is 84.6 cm³/mol. The molecule has 2 aromatic heterocycles. The molecule has 1 aliphatic heterocycles. The highest BCUT2D eigenvalue weighted by molar-refractivity contribution is 5.13. The van der Waals surface area contributed by atoms with Gasteiger partial charge >= 0.3 is 0 Å². The van der Waals surface area contributed by atoms with Gasteiger partial charge in [0.1, 0.15) is 6.10 Å². The van der Waals surface area contributed by atoms with Gasteiger partial charge in [-0.1, -0.05) is 0 Å². The number of nitrogens with zero attached hydrogens (tertiary/aromatic N) is 4. The van der Waals surface area contributed by atoms with E-state index in [4.69, 9.17) is 4.74 Å². The molecule has 0 aliphatic carbocycles. The van der Waals surface area contributed by atoms with E-state index in [0.29, 0.717) is 12.1 Å². The van der Waals surface area contributed by atoms with Gasteiger partial charge in [-0.25, -0.2) is 4.98 Å². The number of nitrogens with one attached hydrogen (secondary N) is 1. The molecule has 22 heavy (non-hydrogen) atoms. The monoisotopic (exact) mass is 303 g/mol. The summed E-state index contributed by atoms with van der Waals surface area (Å²) in [6, 6.07) is 0.740. The van der Waals surface area contributed by atoms with E-state index in [0.717, 1.165) is 26.0 Å². The maximum absolute atomic E-state index is 5.92. The molecule has 120 valence electrons. The standard InChI is InChI=1S/C16H25N5O/c1-12(2)21-10-13(8-19-21)16-15(5-7-22-16)18-6-4-14-9-17-11-20(14)3/h8-12,15-16,18H,4-7H2,1-3H3/t15-,16+/m0/s1. The maximum atomic E-state index is 5.92. The Hall–Kier alpha value is -1.66. The number of aryl methyl sites for hydroxylation is 1. The molecule has 0 aromatic carbocycles. The second-order valence-electron chi connectivity index (χ2n) is 6.23. The van der Waals surface area contributed by atoms with E-state index in [2.05, 4.69) is 40.0 Å². The Balaban J connectivity index is 1.57. The molecule has 3 rings (SSSR count). The zero-order valence-corrected chi connectivity index (χ0v) is 13.6. The van der Waals surface area contributed by atoms with E-state index in [9.17, 15) is 0 Å². The van der Waals surface area contributed by atoms with Crippen molar-refractivity contribution in [1.82, 2.24) is 24.6 Å². The largest absolute Gasteiger partial charge is 0.372 e. The molecule has 6 heteroatoms. The van der Waals surface area contributed by atoms with Crippen LogP contribution in [0.15, 0.2) is 24.9 Å². The Morgan fingerprint density at radius 1 is 1.41 bits per heavy atom. The second-order valence-corrected chi connectivity index (χ2v) is 6.23. The first-order valence-electron chi connectivity index (χ1n) is 7.99. The minimum atomic E-state index is 0.110. The Morgan fingerprint density at radius 3 is 2.95 bits per heavy atom. The maximum Gasteiger partial charge on any atom is 0.101 e. The highest BCUT2D eigenvalue weighted by Crippen LogP contribution is 2.29. The summed E-state index contributed by atoms with van der Waals surface area (Å²) in [4.78, 5) is 4.15. The fourth-order valence-electron chi connectivity index (χ4n) is 2.92. The molecule has 0 amide bonds. The molecule has 1 saturated heterocycles. The van der Waals surface area contributed by atoms with E-state index in [1.807, 2.05) is 30.5 Å². The average molecular weight is 303 g/mol. The first-order chi connectivity index (χ1) is 10.6. The van der Waals surface area contributed by atoms with Gasteiger partial charge in [0.25, 0.3) is 0 Å². The highest BCUT2D eigenvalue weighted by atomic mass is 16.5. The summed E-state index contributed by atoms with van der Waals surface area (Å²) >= 11 is 0. The van der Waals surface area contributed by atoms with Crippen molar-refractivity contribution in [1.29, 1.82) is 0 Å². The minimum Gasteiger partial charge on any atom is -0.372 e. The summed E-state index contributed by atoms with van der Waals surface area (Å²) in [5.74, 6) is 0. The van der Waals surface area contributed by atoms with Crippen molar-refractivity contribution in [3.05, 3.63) is 36.2 Å². The Kier molecular flexibility index (Phi) is 4.59. The molecule has 2 aromatic rings. The van der Waals surface area contributed by atoms with Crippen molar-refractivity contribution in [3.63, 3.8) is 0 Å². The third kappa shape index (κ3) is 3.23. The molecule has 0 spiro atoms. The van der Waals surface area contributed by atoms with E-state index < -0.39 is 0 Å². The van der Waals surface area contributed by atoms with Crippen LogP contribution in [-0.2, 0) is 18.2 Å². The highest BCUT2D eigenvalue weighted by Gasteiger charge is 2.30. The minimum absolute atomic E-state index is 0.110. The predicted octanol–water partition coefficient (Wildman–Crippen LogP) is 1.86. The smallest absolute Gasteiger partial charge is 0.101 e. The third-order valence-electron chi connectivity index (χ3n) is 4.27. The summed E-state index contributed by atoms with van der Waals surface area (Å²) in [6.07, 6.45) is 9.95. The van der Waals surface area contributed by atoms with Crippen LogP contribution in [-0.4, -0.2) is 38.5 Å². The number of imidazole rings is 1. The van der Waals surface area contributed by atoms with Gasteiger partial charge < -0.3 is 14.6 Å². The van der Waals surface area contributed by atoms with Gasteiger partial charge in [-0.2, -0.15) is 5.10 Å². The zero-order chi connectivity index (χ0) is 15.5. The van der Waals surface area contributed by atoms with E-state index in [1.165, 1.54) is 11.3 Å². The van der Waals surface area contributed by atoms with Crippen molar-refractivity contribution in [2.75, 3.05) is 13.2 Å². The van der Waals surface area contributed by atoms with Crippen molar-refractivity contribution in [2.24, 2.45) is 7.05 Å². The number of rotatable bonds is 6. The lowest BCUT2D eigenvalue weighted by Gasteiger charge is -2.19. The SMILES string of the molecule is CC(C)n1cc([C@H]2OCC[C@@H]2NCCc2cncn2C)cn1. The molecule has 0 unspecified atom stereocenters. The molecule has 1 fully saturated rings. The number of ether oxygens (including phenoxy) is 1. The summed E-state index contributed by atoms with van der Waals surface area (Å²) < 4.78 is 9.98. The summed E-state index contributed by atoms with van der Waals surface area (Å²) in [7, 11) is 2.03.